The lowest BCUT2D eigenvalue weighted by molar-refractivity contribution is -0.128. The third kappa shape index (κ3) is 4.15. The van der Waals surface area contributed by atoms with Gasteiger partial charge in [0.2, 0.25) is 15.9 Å². The van der Waals surface area contributed by atoms with E-state index in [-0.39, 0.29) is 24.4 Å². The predicted octanol–water partition coefficient (Wildman–Crippen LogP) is 1.34. The minimum atomic E-state index is -3.53. The number of fused-ring (bicyclic) bond motifs is 1. The molecule has 0 aliphatic carbocycles. The van der Waals surface area contributed by atoms with Crippen LogP contribution in [-0.4, -0.2) is 80.0 Å². The zero-order chi connectivity index (χ0) is 20.5. The first kappa shape index (κ1) is 20.6. The summed E-state index contributed by atoms with van der Waals surface area (Å²) < 4.78 is 27.1. The summed E-state index contributed by atoms with van der Waals surface area (Å²) in [4.78, 5) is 27.7. The van der Waals surface area contributed by atoms with Gasteiger partial charge in [-0.05, 0) is 37.3 Å². The maximum Gasteiger partial charge on any atom is 0.321 e. The molecule has 1 aromatic carbocycles. The fourth-order valence-corrected chi connectivity index (χ4v) is 6.04. The number of likely N-dealkylation sites (N-methyl/N-ethyl adjacent to an activating group) is 1. The highest BCUT2D eigenvalue weighted by Gasteiger charge is 2.47. The summed E-state index contributed by atoms with van der Waals surface area (Å²) in [5.74, 6) is -0.282. The van der Waals surface area contributed by atoms with E-state index in [1.807, 2.05) is 31.2 Å². The molecule has 2 aliphatic rings. The number of nitrogens with one attached hydrogen (secondary N) is 1. The van der Waals surface area contributed by atoms with Crippen LogP contribution in [-0.2, 0) is 14.8 Å². The standard InChI is InChI=1S/C19H28N4O4S/c1-14-6-4-5-7-16(14)20-19(25)22-10-8-15-12-23(13-18(24)21(2)3)28(26,27)17(15)9-11-22/h4-7,15,17H,8-13H2,1-3H3,(H,20,25)/t15-,17-/m0/s1. The summed E-state index contributed by atoms with van der Waals surface area (Å²) >= 11 is 0. The Kier molecular flexibility index (Phi) is 5.95. The maximum absolute atomic E-state index is 12.9. The number of aryl methyl sites for hydroxylation is 1. The SMILES string of the molecule is Cc1ccccc1NC(=O)N1CC[C@H]2CN(CC(=O)N(C)C)S(=O)(=O)[C@H]2CC1. The Balaban J connectivity index is 1.65. The van der Waals surface area contributed by atoms with E-state index in [0.29, 0.717) is 32.5 Å². The summed E-state index contributed by atoms with van der Waals surface area (Å²) in [7, 11) is -0.289. The molecule has 2 saturated heterocycles. The molecule has 2 atom stereocenters. The minimum Gasteiger partial charge on any atom is -0.348 e. The van der Waals surface area contributed by atoms with Crippen molar-refractivity contribution in [3.05, 3.63) is 29.8 Å². The van der Waals surface area contributed by atoms with Crippen molar-refractivity contribution in [3.8, 4) is 0 Å². The lowest BCUT2D eigenvalue weighted by atomic mass is 10.0. The molecular formula is C19H28N4O4S. The minimum absolute atomic E-state index is 0.0591. The number of hydrogen-bond acceptors (Lipinski definition) is 4. The van der Waals surface area contributed by atoms with E-state index in [2.05, 4.69) is 5.32 Å². The smallest absolute Gasteiger partial charge is 0.321 e. The average Bonchev–Trinajstić information content (AvgIpc) is 2.78. The van der Waals surface area contributed by atoms with E-state index in [0.717, 1.165) is 11.3 Å². The number of anilines is 1. The summed E-state index contributed by atoms with van der Waals surface area (Å²) in [6.45, 7) is 3.05. The van der Waals surface area contributed by atoms with Crippen LogP contribution in [0.15, 0.2) is 24.3 Å². The summed E-state index contributed by atoms with van der Waals surface area (Å²) in [6, 6.07) is 7.36. The van der Waals surface area contributed by atoms with Crippen molar-refractivity contribution in [2.45, 2.75) is 25.0 Å². The monoisotopic (exact) mass is 408 g/mol. The van der Waals surface area contributed by atoms with Gasteiger partial charge in [-0.15, -0.1) is 0 Å². The van der Waals surface area contributed by atoms with Crippen molar-refractivity contribution in [3.63, 3.8) is 0 Å². The topological polar surface area (TPSA) is 90.0 Å². The molecule has 2 heterocycles. The molecule has 2 aliphatic heterocycles. The number of sulfonamides is 1. The van der Waals surface area contributed by atoms with Gasteiger partial charge in [-0.3, -0.25) is 4.79 Å². The van der Waals surface area contributed by atoms with E-state index in [9.17, 15) is 18.0 Å². The van der Waals surface area contributed by atoms with E-state index < -0.39 is 15.3 Å². The highest BCUT2D eigenvalue weighted by atomic mass is 32.2. The molecule has 8 nitrogen and oxygen atoms in total. The van der Waals surface area contributed by atoms with Crippen molar-refractivity contribution in [1.82, 2.24) is 14.1 Å². The van der Waals surface area contributed by atoms with Crippen LogP contribution in [0.25, 0.3) is 0 Å². The number of amides is 3. The number of para-hydroxylation sites is 1. The predicted molar refractivity (Wildman–Crippen MR) is 107 cm³/mol. The number of hydrogen-bond donors (Lipinski definition) is 1. The molecule has 9 heteroatoms. The van der Waals surface area contributed by atoms with Crippen LogP contribution in [0.3, 0.4) is 0 Å². The molecule has 2 fully saturated rings. The third-order valence-electron chi connectivity index (χ3n) is 5.64. The second-order valence-electron chi connectivity index (χ2n) is 7.73. The van der Waals surface area contributed by atoms with Crippen LogP contribution in [0.2, 0.25) is 0 Å². The number of carbonyl (C=O) groups is 2. The molecule has 0 unspecified atom stereocenters. The van der Waals surface area contributed by atoms with Crippen molar-refractivity contribution < 1.29 is 18.0 Å². The van der Waals surface area contributed by atoms with E-state index in [1.54, 1.807) is 19.0 Å². The van der Waals surface area contributed by atoms with Gasteiger partial charge in [0, 0.05) is 39.4 Å². The van der Waals surface area contributed by atoms with Gasteiger partial charge >= 0.3 is 6.03 Å². The normalized spacial score (nSPS) is 24.3. The summed E-state index contributed by atoms with van der Waals surface area (Å²) in [6.07, 6.45) is 0.999. The Hall–Kier alpha value is -2.13. The van der Waals surface area contributed by atoms with Gasteiger partial charge in [0.1, 0.15) is 0 Å². The molecule has 0 spiro atoms. The van der Waals surface area contributed by atoms with Gasteiger partial charge in [0.05, 0.1) is 11.8 Å². The Labute approximate surface area is 166 Å². The van der Waals surface area contributed by atoms with Gasteiger partial charge in [0.15, 0.2) is 0 Å². The van der Waals surface area contributed by atoms with Crippen LogP contribution < -0.4 is 5.32 Å². The molecule has 1 N–H and O–H groups in total. The van der Waals surface area contributed by atoms with Crippen LogP contribution in [0, 0.1) is 12.8 Å². The molecular weight excluding hydrogens is 380 g/mol. The molecule has 0 aromatic heterocycles. The summed E-state index contributed by atoms with van der Waals surface area (Å²) in [5, 5.41) is 2.39. The average molecular weight is 409 g/mol. The molecule has 0 saturated carbocycles. The molecule has 3 amide bonds. The van der Waals surface area contributed by atoms with Gasteiger partial charge in [-0.2, -0.15) is 4.31 Å². The van der Waals surface area contributed by atoms with Crippen molar-refractivity contribution in [2.75, 3.05) is 45.6 Å². The van der Waals surface area contributed by atoms with Crippen LogP contribution in [0.1, 0.15) is 18.4 Å². The number of likely N-dealkylation sites (tertiary alicyclic amines) is 1. The van der Waals surface area contributed by atoms with Crippen LogP contribution in [0.5, 0.6) is 0 Å². The zero-order valence-corrected chi connectivity index (χ0v) is 17.4. The first-order chi connectivity index (χ1) is 13.2. The van der Waals surface area contributed by atoms with Crippen LogP contribution in [0.4, 0.5) is 10.5 Å². The Morgan fingerprint density at radius 1 is 1.18 bits per heavy atom. The van der Waals surface area contributed by atoms with Gasteiger partial charge < -0.3 is 15.1 Å². The Bertz CT molecular complexity index is 855. The number of nitrogens with zero attached hydrogens (tertiary/aromatic N) is 3. The molecule has 0 bridgehead atoms. The highest BCUT2D eigenvalue weighted by molar-refractivity contribution is 7.90. The van der Waals surface area contributed by atoms with E-state index in [1.165, 1.54) is 9.21 Å². The molecule has 1 aromatic rings. The van der Waals surface area contributed by atoms with Crippen molar-refractivity contribution >= 4 is 27.6 Å². The van der Waals surface area contributed by atoms with Crippen molar-refractivity contribution in [2.24, 2.45) is 5.92 Å². The van der Waals surface area contributed by atoms with E-state index >= 15 is 0 Å². The lowest BCUT2D eigenvalue weighted by Gasteiger charge is -2.23. The Morgan fingerprint density at radius 2 is 1.86 bits per heavy atom. The van der Waals surface area contributed by atoms with Gasteiger partial charge in [-0.1, -0.05) is 18.2 Å². The zero-order valence-electron chi connectivity index (χ0n) is 16.6. The largest absolute Gasteiger partial charge is 0.348 e. The van der Waals surface area contributed by atoms with Crippen LogP contribution >= 0.6 is 0 Å². The fourth-order valence-electron chi connectivity index (χ4n) is 3.85. The Morgan fingerprint density at radius 3 is 2.54 bits per heavy atom. The highest BCUT2D eigenvalue weighted by Crippen LogP contribution is 2.34. The molecule has 154 valence electrons. The summed E-state index contributed by atoms with van der Waals surface area (Å²) in [5.41, 5.74) is 1.74. The first-order valence-corrected chi connectivity index (χ1v) is 11.0. The number of urea groups is 1. The maximum atomic E-state index is 12.9. The molecule has 3 rings (SSSR count). The quantitative estimate of drug-likeness (QED) is 0.817. The van der Waals surface area contributed by atoms with E-state index in [4.69, 9.17) is 0 Å². The number of carbonyl (C=O) groups excluding carboxylic acids is 2. The number of rotatable bonds is 3. The fraction of sp³-hybridized carbons (Fsp3) is 0.579. The number of benzene rings is 1. The molecule has 28 heavy (non-hydrogen) atoms. The van der Waals surface area contributed by atoms with Gasteiger partial charge in [-0.25, -0.2) is 13.2 Å². The van der Waals surface area contributed by atoms with Crippen molar-refractivity contribution in [1.29, 1.82) is 0 Å². The third-order valence-corrected chi connectivity index (χ3v) is 8.03. The molecule has 0 radical (unpaired) electrons. The second kappa shape index (κ2) is 8.08. The van der Waals surface area contributed by atoms with Gasteiger partial charge in [0.25, 0.3) is 0 Å². The second-order valence-corrected chi connectivity index (χ2v) is 9.89. The first-order valence-electron chi connectivity index (χ1n) is 9.51. The lowest BCUT2D eigenvalue weighted by Crippen LogP contribution is -2.40.